The average Bonchev–Trinajstić information content (AvgIpc) is 2.94. The number of carbonyl (C=O) groups excluding carboxylic acids is 1. The van der Waals surface area contributed by atoms with Crippen LogP contribution in [0.2, 0.25) is 5.02 Å². The molecule has 8 nitrogen and oxygen atoms in total. The van der Waals surface area contributed by atoms with Gasteiger partial charge in [0.15, 0.2) is 18.1 Å². The van der Waals surface area contributed by atoms with Crippen LogP contribution in [-0.2, 0) is 4.79 Å². The zero-order chi connectivity index (χ0) is 28.1. The van der Waals surface area contributed by atoms with Gasteiger partial charge in [0.1, 0.15) is 10.8 Å². The molecule has 3 aromatic carbocycles. The van der Waals surface area contributed by atoms with Gasteiger partial charge in [-0.1, -0.05) is 59.6 Å². The number of nitrogens with one attached hydrogen (secondary N) is 1. The Morgan fingerprint density at radius 3 is 2.64 bits per heavy atom. The number of methoxy groups -OCH3 is 1. The molecule has 0 radical (unpaired) electrons. The van der Waals surface area contributed by atoms with E-state index in [9.17, 15) is 9.59 Å². The Kier molecular flexibility index (Phi) is 9.42. The van der Waals surface area contributed by atoms with E-state index in [1.165, 1.54) is 18.0 Å². The minimum Gasteiger partial charge on any atom is -0.493 e. The zero-order valence-corrected chi connectivity index (χ0v) is 25.3. The molecule has 1 aromatic heterocycles. The number of hydrogen-bond acceptors (Lipinski definition) is 6. The van der Waals surface area contributed by atoms with Gasteiger partial charge in [-0.05, 0) is 58.7 Å². The van der Waals surface area contributed by atoms with E-state index in [-0.39, 0.29) is 34.8 Å². The first-order valence-corrected chi connectivity index (χ1v) is 14.0. The largest absolute Gasteiger partial charge is 0.493 e. The van der Waals surface area contributed by atoms with Crippen molar-refractivity contribution in [2.45, 2.75) is 26.2 Å². The maximum absolute atomic E-state index is 13.4. The second kappa shape index (κ2) is 12.8. The van der Waals surface area contributed by atoms with Crippen molar-refractivity contribution < 1.29 is 14.3 Å². The molecule has 4 rings (SSSR count). The van der Waals surface area contributed by atoms with Gasteiger partial charge < -0.3 is 14.8 Å². The zero-order valence-electron chi connectivity index (χ0n) is 21.4. The summed E-state index contributed by atoms with van der Waals surface area (Å²) in [5.74, 6) is 0.677. The molecular formula is C28H25Br2ClN4O4. The van der Waals surface area contributed by atoms with Crippen LogP contribution in [0.5, 0.6) is 11.5 Å². The molecule has 202 valence electrons. The number of carbonyl (C=O) groups is 1. The van der Waals surface area contributed by atoms with E-state index in [2.05, 4.69) is 42.3 Å². The van der Waals surface area contributed by atoms with Crippen LogP contribution in [0, 0.1) is 0 Å². The van der Waals surface area contributed by atoms with Crippen LogP contribution in [0.25, 0.3) is 10.9 Å². The normalized spacial score (nSPS) is 12.1. The number of hydrogen-bond donors (Lipinski definition) is 1. The molecule has 0 aliphatic carbocycles. The van der Waals surface area contributed by atoms with Gasteiger partial charge >= 0.3 is 0 Å². The first-order valence-electron chi connectivity index (χ1n) is 12.0. The average molecular weight is 677 g/mol. The third-order valence-electron chi connectivity index (χ3n) is 5.98. The van der Waals surface area contributed by atoms with Crippen molar-refractivity contribution in [1.29, 1.82) is 0 Å². The van der Waals surface area contributed by atoms with Crippen molar-refractivity contribution in [3.05, 3.63) is 90.3 Å². The number of nitrogens with zero attached hydrogens (tertiary/aromatic N) is 3. The summed E-state index contributed by atoms with van der Waals surface area (Å²) >= 11 is 13.5. The molecule has 1 heterocycles. The maximum atomic E-state index is 13.4. The first kappa shape index (κ1) is 28.8. The number of ether oxygens (including phenoxy) is 2. The van der Waals surface area contributed by atoms with Crippen LogP contribution in [0.1, 0.15) is 37.6 Å². The quantitative estimate of drug-likeness (QED) is 0.193. The second-order valence-electron chi connectivity index (χ2n) is 8.63. The van der Waals surface area contributed by atoms with Crippen LogP contribution in [0.15, 0.2) is 73.4 Å². The van der Waals surface area contributed by atoms with E-state index in [0.717, 1.165) is 10.9 Å². The fourth-order valence-corrected chi connectivity index (χ4v) is 4.75. The third kappa shape index (κ3) is 6.51. The van der Waals surface area contributed by atoms with E-state index < -0.39 is 0 Å². The highest BCUT2D eigenvalue weighted by molar-refractivity contribution is 9.10. The summed E-state index contributed by atoms with van der Waals surface area (Å²) in [6.45, 7) is 3.74. The molecule has 0 unspecified atom stereocenters. The number of anilines is 1. The van der Waals surface area contributed by atoms with Gasteiger partial charge in [0.05, 0.1) is 24.2 Å². The monoisotopic (exact) mass is 674 g/mol. The van der Waals surface area contributed by atoms with Gasteiger partial charge in [-0.3, -0.25) is 9.59 Å². The molecule has 0 saturated heterocycles. The highest BCUT2D eigenvalue weighted by atomic mass is 79.9. The van der Waals surface area contributed by atoms with Crippen molar-refractivity contribution in [1.82, 2.24) is 9.66 Å². The Balaban J connectivity index is 1.67. The number of benzene rings is 3. The SMILES string of the molecule is CC[C@H](C)c1nc2ccc(Br)cc2c(=O)n1N=Cc1cc(OC)c(OCC(=O)Nc2ccccc2)c(Cl)c1Br. The third-order valence-corrected chi connectivity index (χ3v) is 7.92. The number of amides is 1. The fourth-order valence-electron chi connectivity index (χ4n) is 3.74. The predicted molar refractivity (Wildman–Crippen MR) is 162 cm³/mol. The molecule has 0 bridgehead atoms. The fraction of sp³-hybridized carbons (Fsp3) is 0.214. The molecule has 1 amide bonds. The van der Waals surface area contributed by atoms with Gasteiger partial charge in [0, 0.05) is 26.1 Å². The lowest BCUT2D eigenvalue weighted by atomic mass is 10.1. The number of aromatic nitrogens is 2. The molecule has 0 fully saturated rings. The van der Waals surface area contributed by atoms with Crippen molar-refractivity contribution in [2.75, 3.05) is 19.0 Å². The molecule has 11 heteroatoms. The van der Waals surface area contributed by atoms with Crippen LogP contribution >= 0.6 is 43.5 Å². The Morgan fingerprint density at radius 1 is 1.21 bits per heavy atom. The van der Waals surface area contributed by atoms with Gasteiger partial charge in [0.25, 0.3) is 11.5 Å². The summed E-state index contributed by atoms with van der Waals surface area (Å²) in [4.78, 5) is 30.5. The number of halogens is 3. The summed E-state index contributed by atoms with van der Waals surface area (Å²) in [6.07, 6.45) is 2.28. The summed E-state index contributed by atoms with van der Waals surface area (Å²) in [5, 5.41) is 7.90. The van der Waals surface area contributed by atoms with Crippen LogP contribution < -0.4 is 20.3 Å². The smallest absolute Gasteiger partial charge is 0.282 e. The topological polar surface area (TPSA) is 94.8 Å². The van der Waals surface area contributed by atoms with Crippen LogP contribution in [0.4, 0.5) is 5.69 Å². The first-order chi connectivity index (χ1) is 18.7. The Bertz CT molecular complexity index is 1610. The Labute approximate surface area is 247 Å². The summed E-state index contributed by atoms with van der Waals surface area (Å²) in [6, 6.07) is 16.1. The van der Waals surface area contributed by atoms with Gasteiger partial charge in [-0.15, -0.1) is 0 Å². The van der Waals surface area contributed by atoms with E-state index in [0.29, 0.717) is 38.2 Å². The highest BCUT2D eigenvalue weighted by Crippen LogP contribution is 2.42. The maximum Gasteiger partial charge on any atom is 0.282 e. The van der Waals surface area contributed by atoms with Crippen molar-refractivity contribution in [3.63, 3.8) is 0 Å². The molecule has 1 atom stereocenters. The number of para-hydroxylation sites is 1. The van der Waals surface area contributed by atoms with Crippen molar-refractivity contribution in [3.8, 4) is 11.5 Å². The van der Waals surface area contributed by atoms with Crippen LogP contribution in [0.3, 0.4) is 0 Å². The standard InChI is InChI=1S/C28H25Br2ClN4O4/c1-4-16(2)27-34-21-11-10-18(29)13-20(21)28(37)35(27)32-14-17-12-22(38-3)26(25(31)24(17)30)39-15-23(36)33-19-8-6-5-7-9-19/h5-14,16H,4,15H2,1-3H3,(H,33,36)/t16-/m0/s1. The van der Waals surface area contributed by atoms with E-state index in [1.54, 1.807) is 30.3 Å². The summed E-state index contributed by atoms with van der Waals surface area (Å²) in [7, 11) is 1.47. The minimum absolute atomic E-state index is 0.0118. The number of fused-ring (bicyclic) bond motifs is 1. The molecular weight excluding hydrogens is 652 g/mol. The van der Waals surface area contributed by atoms with E-state index >= 15 is 0 Å². The summed E-state index contributed by atoms with van der Waals surface area (Å²) in [5.41, 5.74) is 1.51. The van der Waals surface area contributed by atoms with Gasteiger partial charge in [0.2, 0.25) is 0 Å². The lowest BCUT2D eigenvalue weighted by Gasteiger charge is -2.16. The lowest BCUT2D eigenvalue weighted by molar-refractivity contribution is -0.118. The van der Waals surface area contributed by atoms with Gasteiger partial charge in [-0.25, -0.2) is 4.98 Å². The molecule has 0 aliphatic heterocycles. The predicted octanol–water partition coefficient (Wildman–Crippen LogP) is 7.00. The molecule has 1 N–H and O–H groups in total. The van der Waals surface area contributed by atoms with E-state index in [1.807, 2.05) is 38.1 Å². The lowest BCUT2D eigenvalue weighted by Crippen LogP contribution is -2.23. The Morgan fingerprint density at radius 2 is 1.95 bits per heavy atom. The minimum atomic E-state index is -0.353. The molecule has 0 saturated carbocycles. The molecule has 39 heavy (non-hydrogen) atoms. The van der Waals surface area contributed by atoms with E-state index in [4.69, 9.17) is 26.1 Å². The summed E-state index contributed by atoms with van der Waals surface area (Å²) < 4.78 is 13.8. The highest BCUT2D eigenvalue weighted by Gasteiger charge is 2.19. The Hall–Kier alpha value is -3.21. The molecule has 4 aromatic rings. The number of rotatable bonds is 9. The second-order valence-corrected chi connectivity index (χ2v) is 10.7. The van der Waals surface area contributed by atoms with Crippen molar-refractivity contribution in [2.24, 2.45) is 5.10 Å². The van der Waals surface area contributed by atoms with Gasteiger partial charge in [-0.2, -0.15) is 9.78 Å². The van der Waals surface area contributed by atoms with Crippen molar-refractivity contribution >= 4 is 72.2 Å². The van der Waals surface area contributed by atoms with Crippen LogP contribution in [-0.4, -0.2) is 35.5 Å². The molecule has 0 aliphatic rings. The molecule has 0 spiro atoms.